The van der Waals surface area contributed by atoms with Gasteiger partial charge in [-0.2, -0.15) is 9.97 Å². The number of carbonyl (C=O) groups is 2. The highest BCUT2D eigenvalue weighted by atomic mass is 16.5. The van der Waals surface area contributed by atoms with Crippen molar-refractivity contribution in [1.29, 1.82) is 0 Å². The fourth-order valence-corrected chi connectivity index (χ4v) is 4.00. The maximum Gasteiger partial charge on any atom is 0.273 e. The van der Waals surface area contributed by atoms with Gasteiger partial charge < -0.3 is 24.5 Å². The van der Waals surface area contributed by atoms with Gasteiger partial charge in [0, 0.05) is 37.3 Å². The molecule has 1 fully saturated rings. The molecule has 176 valence electrons. The average Bonchev–Trinajstić information content (AvgIpc) is 3.45. The van der Waals surface area contributed by atoms with Gasteiger partial charge in [-0.25, -0.2) is 4.98 Å². The van der Waals surface area contributed by atoms with Gasteiger partial charge in [0.2, 0.25) is 23.6 Å². The second kappa shape index (κ2) is 8.73. The molecule has 5 rings (SSSR count). The van der Waals surface area contributed by atoms with Gasteiger partial charge in [0.25, 0.3) is 5.91 Å². The van der Waals surface area contributed by atoms with Crippen LogP contribution < -0.4 is 10.2 Å². The topological polar surface area (TPSA) is 121 Å². The Morgan fingerprint density at radius 1 is 1.06 bits per heavy atom. The molecule has 3 aromatic rings. The number of nitrogens with zero attached hydrogens (tertiary/aromatic N) is 7. The van der Waals surface area contributed by atoms with Crippen molar-refractivity contribution in [2.75, 3.05) is 36.9 Å². The Hall–Kier alpha value is -4.02. The van der Waals surface area contributed by atoms with Crippen LogP contribution in [0.5, 0.6) is 0 Å². The first-order chi connectivity index (χ1) is 16.4. The summed E-state index contributed by atoms with van der Waals surface area (Å²) in [5.41, 5.74) is 1.95. The molecule has 4 heterocycles. The summed E-state index contributed by atoms with van der Waals surface area (Å²) in [7, 11) is 1.77. The number of aromatic nitrogens is 4. The van der Waals surface area contributed by atoms with Crippen LogP contribution in [0.25, 0.3) is 11.4 Å². The summed E-state index contributed by atoms with van der Waals surface area (Å²) >= 11 is 0. The van der Waals surface area contributed by atoms with Crippen molar-refractivity contribution in [3.8, 4) is 11.4 Å². The van der Waals surface area contributed by atoms with Gasteiger partial charge in [-0.15, -0.1) is 0 Å². The number of anilines is 2. The summed E-state index contributed by atoms with van der Waals surface area (Å²) in [6.45, 7) is 5.91. The number of fused-ring (bicyclic) bond motifs is 1. The molecule has 0 atom stereocenters. The zero-order chi connectivity index (χ0) is 23.8. The van der Waals surface area contributed by atoms with Gasteiger partial charge in [-0.3, -0.25) is 9.59 Å². The Kier molecular flexibility index (Phi) is 5.60. The number of hydrogen-bond donors (Lipinski definition) is 1. The summed E-state index contributed by atoms with van der Waals surface area (Å²) in [6.07, 6.45) is 0. The van der Waals surface area contributed by atoms with Crippen LogP contribution >= 0.6 is 0 Å². The van der Waals surface area contributed by atoms with Gasteiger partial charge in [0.15, 0.2) is 0 Å². The van der Waals surface area contributed by atoms with Crippen molar-refractivity contribution in [1.82, 2.24) is 29.9 Å². The number of benzene rings is 1. The lowest BCUT2D eigenvalue weighted by molar-refractivity contribution is -0.129. The quantitative estimate of drug-likeness (QED) is 0.584. The molecule has 1 saturated heterocycles. The Morgan fingerprint density at radius 3 is 2.59 bits per heavy atom. The molecule has 0 spiro atoms. The largest absolute Gasteiger partial charge is 0.361 e. The predicted octanol–water partition coefficient (Wildman–Crippen LogP) is 1.78. The Morgan fingerprint density at radius 2 is 1.85 bits per heavy atom. The minimum atomic E-state index is -0.138. The molecule has 2 aliphatic heterocycles. The third-order valence-corrected chi connectivity index (χ3v) is 6.06. The Labute approximate surface area is 196 Å². The maximum atomic E-state index is 13.0. The first-order valence-corrected chi connectivity index (χ1v) is 11.2. The molecule has 11 heteroatoms. The first-order valence-electron chi connectivity index (χ1n) is 11.2. The minimum absolute atomic E-state index is 0.0145. The summed E-state index contributed by atoms with van der Waals surface area (Å²) in [6, 6.07) is 9.60. The second-order valence-electron chi connectivity index (χ2n) is 8.69. The van der Waals surface area contributed by atoms with Crippen LogP contribution in [-0.2, 0) is 17.9 Å². The third-order valence-electron chi connectivity index (χ3n) is 6.06. The highest BCUT2D eigenvalue weighted by Gasteiger charge is 2.35. The van der Waals surface area contributed by atoms with Crippen LogP contribution in [-0.4, -0.2) is 74.4 Å². The van der Waals surface area contributed by atoms with Crippen LogP contribution in [0.2, 0.25) is 0 Å². The molecule has 2 aromatic heterocycles. The van der Waals surface area contributed by atoms with Crippen LogP contribution in [0.1, 0.15) is 35.8 Å². The number of piperazine rings is 1. The van der Waals surface area contributed by atoms with Gasteiger partial charge >= 0.3 is 0 Å². The third kappa shape index (κ3) is 4.04. The predicted molar refractivity (Wildman–Crippen MR) is 124 cm³/mol. The van der Waals surface area contributed by atoms with E-state index in [1.165, 1.54) is 0 Å². The lowest BCUT2D eigenvalue weighted by atomic mass is 10.2. The van der Waals surface area contributed by atoms with Crippen molar-refractivity contribution < 1.29 is 14.1 Å². The molecule has 34 heavy (non-hydrogen) atoms. The molecule has 0 saturated carbocycles. The smallest absolute Gasteiger partial charge is 0.273 e. The van der Waals surface area contributed by atoms with E-state index in [-0.39, 0.29) is 30.9 Å². The number of nitrogens with one attached hydrogen (secondary N) is 1. The minimum Gasteiger partial charge on any atom is -0.361 e. The van der Waals surface area contributed by atoms with Crippen molar-refractivity contribution in [2.24, 2.45) is 0 Å². The number of amides is 2. The number of carbonyl (C=O) groups excluding carboxylic acids is 2. The molecule has 1 N–H and O–H groups in total. The number of rotatable bonds is 6. The van der Waals surface area contributed by atoms with Crippen LogP contribution in [0.15, 0.2) is 34.9 Å². The second-order valence-corrected chi connectivity index (χ2v) is 8.69. The van der Waals surface area contributed by atoms with Gasteiger partial charge in [-0.1, -0.05) is 35.5 Å². The summed E-state index contributed by atoms with van der Waals surface area (Å²) < 4.78 is 5.41. The van der Waals surface area contributed by atoms with Gasteiger partial charge in [0.05, 0.1) is 19.6 Å². The fourth-order valence-electron chi connectivity index (χ4n) is 4.00. The molecular weight excluding hydrogens is 436 g/mol. The lowest BCUT2D eigenvalue weighted by Gasteiger charge is -2.32. The normalized spacial score (nSPS) is 15.9. The molecule has 0 unspecified atom stereocenters. The fraction of sp³-hybridized carbons (Fsp3) is 0.391. The SMILES string of the molecule is CC(C)N1Cc2c(NCc3nc(-c4ccccc4)no3)nc(N3CCN(C)C(=O)C3)nc2C1=O. The summed E-state index contributed by atoms with van der Waals surface area (Å²) in [5.74, 6) is 1.63. The summed E-state index contributed by atoms with van der Waals surface area (Å²) in [4.78, 5) is 44.3. The van der Waals surface area contributed by atoms with Crippen LogP contribution in [0.3, 0.4) is 0 Å². The Balaban J connectivity index is 1.42. The Bertz CT molecular complexity index is 1230. The maximum absolute atomic E-state index is 13.0. The van der Waals surface area contributed by atoms with Crippen LogP contribution in [0, 0.1) is 0 Å². The lowest BCUT2D eigenvalue weighted by Crippen LogP contribution is -2.49. The highest BCUT2D eigenvalue weighted by Crippen LogP contribution is 2.31. The number of likely N-dealkylation sites (N-methyl/N-ethyl adjacent to an activating group) is 1. The van der Waals surface area contributed by atoms with E-state index in [4.69, 9.17) is 9.51 Å². The molecule has 0 radical (unpaired) electrons. The van der Waals surface area contributed by atoms with E-state index in [2.05, 4.69) is 20.4 Å². The molecule has 2 amide bonds. The molecule has 2 aliphatic rings. The van der Waals surface area contributed by atoms with E-state index >= 15 is 0 Å². The van der Waals surface area contributed by atoms with Crippen molar-refractivity contribution >= 4 is 23.6 Å². The standard InChI is InChI=1S/C23H26N8O3/c1-14(2)31-12-16-19(22(31)33)26-23(30-10-9-29(3)18(32)13-30)27-21(16)24-11-17-25-20(28-34-17)15-7-5-4-6-8-15/h4-8,14H,9-13H2,1-3H3,(H,24,26,27). The first kappa shape index (κ1) is 21.8. The van der Waals surface area contributed by atoms with Crippen molar-refractivity contribution in [3.63, 3.8) is 0 Å². The van der Waals surface area contributed by atoms with Crippen molar-refractivity contribution in [2.45, 2.75) is 33.0 Å². The monoisotopic (exact) mass is 462 g/mol. The van der Waals surface area contributed by atoms with Crippen molar-refractivity contribution in [3.05, 3.63) is 47.5 Å². The molecular formula is C23H26N8O3. The molecule has 0 aliphatic carbocycles. The molecule has 11 nitrogen and oxygen atoms in total. The van der Waals surface area contributed by atoms with E-state index in [9.17, 15) is 9.59 Å². The number of hydrogen-bond acceptors (Lipinski definition) is 9. The van der Waals surface area contributed by atoms with E-state index < -0.39 is 0 Å². The van der Waals surface area contributed by atoms with Gasteiger partial charge in [-0.05, 0) is 13.8 Å². The molecule has 0 bridgehead atoms. The van der Waals surface area contributed by atoms with E-state index in [0.29, 0.717) is 48.8 Å². The van der Waals surface area contributed by atoms with Gasteiger partial charge in [0.1, 0.15) is 11.5 Å². The zero-order valence-electron chi connectivity index (χ0n) is 19.4. The van der Waals surface area contributed by atoms with E-state index in [1.54, 1.807) is 21.7 Å². The highest BCUT2D eigenvalue weighted by molar-refractivity contribution is 5.98. The van der Waals surface area contributed by atoms with Crippen LogP contribution in [0.4, 0.5) is 11.8 Å². The van der Waals surface area contributed by atoms with E-state index in [1.807, 2.05) is 44.2 Å². The molecule has 1 aromatic carbocycles. The van der Waals surface area contributed by atoms with E-state index in [0.717, 1.165) is 11.1 Å². The average molecular weight is 463 g/mol. The zero-order valence-corrected chi connectivity index (χ0v) is 19.4. The summed E-state index contributed by atoms with van der Waals surface area (Å²) in [5, 5.41) is 7.31.